The number of hydrogen-bond acceptors (Lipinski definition) is 13. The maximum absolute atomic E-state index is 10.8. The third kappa shape index (κ3) is 4.91. The molecule has 9 aliphatic rings. The van der Waals surface area contributed by atoms with E-state index in [1.807, 2.05) is 13.8 Å². The summed E-state index contributed by atoms with van der Waals surface area (Å²) in [6.45, 7) is 15.3. The Morgan fingerprint density at radius 1 is 0.741 bits per heavy atom. The molecule has 13 heteroatoms. The molecule has 3 spiro atoms. The second-order valence-electron chi connectivity index (χ2n) is 21.0. The molecule has 9 rings (SSSR count). The van der Waals surface area contributed by atoms with Crippen LogP contribution in [0.1, 0.15) is 106 Å². The molecule has 13 nitrogen and oxygen atoms in total. The van der Waals surface area contributed by atoms with Crippen LogP contribution >= 0.6 is 0 Å². The first kappa shape index (κ1) is 39.0. The monoisotopic (exact) mass is 766 g/mol. The zero-order chi connectivity index (χ0) is 38.8. The predicted octanol–water partition coefficient (Wildman–Crippen LogP) is 1.97. The molecule has 0 aromatic heterocycles. The molecule has 9 fully saturated rings. The second-order valence-corrected chi connectivity index (χ2v) is 21.0. The van der Waals surface area contributed by atoms with E-state index in [1.54, 1.807) is 0 Å². The summed E-state index contributed by atoms with van der Waals surface area (Å²) in [5.74, 6) is 0.744. The van der Waals surface area contributed by atoms with Gasteiger partial charge in [0.1, 0.15) is 48.8 Å². The maximum Gasteiger partial charge on any atom is 0.187 e. The number of fused-ring (bicyclic) bond motifs is 4. The van der Waals surface area contributed by atoms with E-state index in [2.05, 4.69) is 34.6 Å². The number of hydrogen-bond donors (Lipinski definition) is 7. The summed E-state index contributed by atoms with van der Waals surface area (Å²) >= 11 is 0. The van der Waals surface area contributed by atoms with E-state index in [4.69, 9.17) is 28.4 Å². The van der Waals surface area contributed by atoms with Crippen LogP contribution in [-0.4, -0.2) is 134 Å². The van der Waals surface area contributed by atoms with Crippen molar-refractivity contribution in [3.05, 3.63) is 0 Å². The summed E-state index contributed by atoms with van der Waals surface area (Å²) in [7, 11) is 0. The first-order valence-corrected chi connectivity index (χ1v) is 20.9. The van der Waals surface area contributed by atoms with Crippen molar-refractivity contribution >= 4 is 0 Å². The van der Waals surface area contributed by atoms with Gasteiger partial charge in [-0.15, -0.1) is 0 Å². The van der Waals surface area contributed by atoms with Crippen molar-refractivity contribution in [2.75, 3.05) is 13.2 Å². The molecule has 5 aliphatic carbocycles. The smallest absolute Gasteiger partial charge is 0.187 e. The minimum absolute atomic E-state index is 0.00320. The third-order valence-corrected chi connectivity index (χ3v) is 18.0. The average molecular weight is 767 g/mol. The van der Waals surface area contributed by atoms with E-state index in [-0.39, 0.29) is 51.8 Å². The summed E-state index contributed by atoms with van der Waals surface area (Å²) in [5.41, 5.74) is -0.722. The highest BCUT2D eigenvalue weighted by Crippen LogP contribution is 2.90. The Hall–Kier alpha value is -0.520. The van der Waals surface area contributed by atoms with Gasteiger partial charge in [-0.2, -0.15) is 0 Å². The number of rotatable bonds is 6. The summed E-state index contributed by atoms with van der Waals surface area (Å²) in [5, 5.41) is 72.5. The Kier molecular flexibility index (Phi) is 8.85. The molecule has 21 atom stereocenters. The molecule has 308 valence electrons. The van der Waals surface area contributed by atoms with Gasteiger partial charge in [-0.05, 0) is 110 Å². The van der Waals surface area contributed by atoms with Crippen molar-refractivity contribution in [1.82, 2.24) is 0 Å². The predicted molar refractivity (Wildman–Crippen MR) is 190 cm³/mol. The minimum Gasteiger partial charge on any atom is -0.394 e. The third-order valence-electron chi connectivity index (χ3n) is 18.0. The molecule has 54 heavy (non-hydrogen) atoms. The molecule has 0 unspecified atom stereocenters. The van der Waals surface area contributed by atoms with Gasteiger partial charge in [-0.1, -0.05) is 34.6 Å². The lowest BCUT2D eigenvalue weighted by molar-refractivity contribution is -0.334. The Morgan fingerprint density at radius 2 is 1.43 bits per heavy atom. The highest BCUT2D eigenvalue weighted by atomic mass is 16.8. The standard InChI is InChI=1S/C41H66O13/c1-19-14-21-32(36(4,5)54-34-30(48)28(46)27(45)22(15-42)50-34)53-41(52-21)17-38(7)24-9-8-23-35(2,3)25(51-33-29(47)26(44)20(43)16-49-33)10-11-39(23)18-40(24,39)13-12-37(38,6)31(19)41/h19-34,42-48H,8-18H2,1-7H3/t19-,20-,21-,22-,23+,24+,25+,26+,27-,28+,29-,30-,31-,32+,33+,34+,37-,38+,39-,40+,41-/m1/s1. The van der Waals surface area contributed by atoms with Gasteiger partial charge in [0.25, 0.3) is 0 Å². The van der Waals surface area contributed by atoms with E-state index in [0.717, 1.165) is 44.9 Å². The normalized spacial score (nSPS) is 60.1. The molecule has 0 aromatic rings. The van der Waals surface area contributed by atoms with Crippen molar-refractivity contribution in [3.63, 3.8) is 0 Å². The SMILES string of the molecule is C[C@@H]1C[C@H]2O[C@]3(C[C@@]4(C)[C@@H]5CC[C@H]6C(C)(C)[C@@H](O[C@@H]7OC[C@@H](O)[C@H](O)[C@H]7O)CC[C@@]67C[C@@]57CC[C@]4(C)[C@@H]13)O[C@@H]2C(C)(C)O[C@@H]1O[C@H](CO)[C@@H](O)[C@H](O)[C@H]1O. The van der Waals surface area contributed by atoms with Crippen LogP contribution < -0.4 is 0 Å². The lowest BCUT2D eigenvalue weighted by Crippen LogP contribution is -2.61. The molecular formula is C41H66O13. The Labute approximate surface area is 319 Å². The molecule has 7 N–H and O–H groups in total. The van der Waals surface area contributed by atoms with Crippen LogP contribution in [0.2, 0.25) is 0 Å². The Morgan fingerprint density at radius 3 is 2.15 bits per heavy atom. The molecule has 4 saturated heterocycles. The Bertz CT molecular complexity index is 1480. The van der Waals surface area contributed by atoms with Crippen molar-refractivity contribution in [1.29, 1.82) is 0 Å². The van der Waals surface area contributed by atoms with Gasteiger partial charge in [0, 0.05) is 12.3 Å². The molecule has 4 heterocycles. The molecule has 2 bridgehead atoms. The van der Waals surface area contributed by atoms with Gasteiger partial charge in [0.05, 0.1) is 31.0 Å². The van der Waals surface area contributed by atoms with Crippen LogP contribution in [0.15, 0.2) is 0 Å². The number of aliphatic hydroxyl groups excluding tert-OH is 7. The lowest BCUT2D eigenvalue weighted by Gasteiger charge is -2.63. The minimum atomic E-state index is -1.53. The molecule has 5 saturated carbocycles. The van der Waals surface area contributed by atoms with Gasteiger partial charge in [0.15, 0.2) is 18.4 Å². The molecule has 0 amide bonds. The summed E-state index contributed by atoms with van der Waals surface area (Å²) in [6.07, 6.45) is -3.02. The van der Waals surface area contributed by atoms with Gasteiger partial charge < -0.3 is 64.2 Å². The summed E-state index contributed by atoms with van der Waals surface area (Å²) < 4.78 is 38.8. The van der Waals surface area contributed by atoms with Crippen LogP contribution in [0.4, 0.5) is 0 Å². The zero-order valence-electron chi connectivity index (χ0n) is 33.1. The number of ether oxygens (including phenoxy) is 6. The molecule has 0 aromatic carbocycles. The zero-order valence-corrected chi connectivity index (χ0v) is 33.1. The maximum atomic E-state index is 10.8. The quantitative estimate of drug-likeness (QED) is 0.194. The summed E-state index contributed by atoms with van der Waals surface area (Å²) in [4.78, 5) is 0. The largest absolute Gasteiger partial charge is 0.394 e. The summed E-state index contributed by atoms with van der Waals surface area (Å²) in [6, 6.07) is 0. The van der Waals surface area contributed by atoms with Gasteiger partial charge in [-0.25, -0.2) is 0 Å². The highest BCUT2D eigenvalue weighted by molar-refractivity contribution is 5.32. The van der Waals surface area contributed by atoms with E-state index in [1.165, 1.54) is 12.8 Å². The van der Waals surface area contributed by atoms with Crippen molar-refractivity contribution in [2.24, 2.45) is 50.7 Å². The van der Waals surface area contributed by atoms with Gasteiger partial charge in [0.2, 0.25) is 0 Å². The first-order valence-electron chi connectivity index (χ1n) is 20.9. The average Bonchev–Trinajstić information content (AvgIpc) is 3.60. The van der Waals surface area contributed by atoms with E-state index in [0.29, 0.717) is 17.8 Å². The fourth-order valence-electron chi connectivity index (χ4n) is 15.5. The molecular weight excluding hydrogens is 700 g/mol. The topological polar surface area (TPSA) is 197 Å². The van der Waals surface area contributed by atoms with Crippen molar-refractivity contribution < 1.29 is 64.2 Å². The van der Waals surface area contributed by atoms with Crippen LogP contribution in [0.3, 0.4) is 0 Å². The van der Waals surface area contributed by atoms with E-state index in [9.17, 15) is 35.7 Å². The first-order chi connectivity index (χ1) is 25.2. The van der Waals surface area contributed by atoms with Crippen molar-refractivity contribution in [3.8, 4) is 0 Å². The lowest BCUT2D eigenvalue weighted by atomic mass is 9.41. The van der Waals surface area contributed by atoms with Crippen LogP contribution in [0.5, 0.6) is 0 Å². The highest BCUT2D eigenvalue weighted by Gasteiger charge is 2.85. The number of aliphatic hydroxyl groups is 7. The second kappa shape index (κ2) is 12.3. The van der Waals surface area contributed by atoms with Gasteiger partial charge >= 0.3 is 0 Å². The Balaban J connectivity index is 0.956. The van der Waals surface area contributed by atoms with Gasteiger partial charge in [-0.3, -0.25) is 0 Å². The van der Waals surface area contributed by atoms with Crippen LogP contribution in [0.25, 0.3) is 0 Å². The van der Waals surface area contributed by atoms with Crippen LogP contribution in [-0.2, 0) is 28.4 Å². The van der Waals surface area contributed by atoms with E-state index >= 15 is 0 Å². The molecule has 0 radical (unpaired) electrons. The van der Waals surface area contributed by atoms with Crippen LogP contribution in [0, 0.1) is 50.7 Å². The van der Waals surface area contributed by atoms with E-state index < -0.39 is 79.4 Å². The molecule has 4 aliphatic heterocycles. The van der Waals surface area contributed by atoms with Crippen molar-refractivity contribution in [2.45, 2.75) is 191 Å². The fourth-order valence-corrected chi connectivity index (χ4v) is 15.5. The fraction of sp³-hybridized carbons (Fsp3) is 1.00.